The highest BCUT2D eigenvalue weighted by molar-refractivity contribution is 5.54. The quantitative estimate of drug-likeness (QED) is 0.776. The van der Waals surface area contributed by atoms with E-state index in [1.807, 2.05) is 0 Å². The molecule has 2 rings (SSSR count). The van der Waals surface area contributed by atoms with E-state index >= 15 is 0 Å². The van der Waals surface area contributed by atoms with Gasteiger partial charge in [0.1, 0.15) is 16.8 Å². The summed E-state index contributed by atoms with van der Waals surface area (Å²) in [6.07, 6.45) is 1.53. The minimum atomic E-state index is -0.439. The molecule has 2 aromatic rings. The van der Waals surface area contributed by atoms with Gasteiger partial charge in [-0.2, -0.15) is 0 Å². The van der Waals surface area contributed by atoms with Crippen molar-refractivity contribution in [1.29, 1.82) is 0 Å². The van der Waals surface area contributed by atoms with Gasteiger partial charge in [0.2, 0.25) is 0 Å². The van der Waals surface area contributed by atoms with Crippen molar-refractivity contribution in [2.24, 2.45) is 0 Å². The van der Waals surface area contributed by atoms with Gasteiger partial charge in [-0.05, 0) is 23.8 Å². The van der Waals surface area contributed by atoms with Crippen LogP contribution in [0.2, 0.25) is 0 Å². The lowest BCUT2D eigenvalue weighted by molar-refractivity contribution is 0.394. The first kappa shape index (κ1) is 13.7. The third kappa shape index (κ3) is 2.80. The van der Waals surface area contributed by atoms with Crippen molar-refractivity contribution >= 4 is 12.7 Å². The summed E-state index contributed by atoms with van der Waals surface area (Å²) in [7, 11) is 3.07. The van der Waals surface area contributed by atoms with Crippen LogP contribution < -0.4 is 31.3 Å². The SMILES string of the molecule is C=c1[nH]c(=O)c(=Cc2cc(OC)cc(OC)c2)[nH]c1=O. The van der Waals surface area contributed by atoms with Gasteiger partial charge >= 0.3 is 0 Å². The van der Waals surface area contributed by atoms with Crippen molar-refractivity contribution in [3.05, 3.63) is 55.2 Å². The van der Waals surface area contributed by atoms with E-state index in [0.29, 0.717) is 17.1 Å². The van der Waals surface area contributed by atoms with Crippen LogP contribution in [0.25, 0.3) is 12.7 Å². The van der Waals surface area contributed by atoms with Gasteiger partial charge in [0.25, 0.3) is 11.1 Å². The first-order chi connectivity index (χ1) is 9.53. The molecule has 0 bridgehead atoms. The molecule has 1 aromatic carbocycles. The number of nitrogens with one attached hydrogen (secondary N) is 2. The first-order valence-corrected chi connectivity index (χ1v) is 5.80. The lowest BCUT2D eigenvalue weighted by atomic mass is 10.2. The molecule has 0 aliphatic heterocycles. The van der Waals surface area contributed by atoms with Gasteiger partial charge in [0, 0.05) is 6.07 Å². The van der Waals surface area contributed by atoms with E-state index in [1.54, 1.807) is 18.2 Å². The average molecular weight is 274 g/mol. The molecule has 6 heteroatoms. The Bertz CT molecular complexity index is 826. The molecular weight excluding hydrogens is 260 g/mol. The van der Waals surface area contributed by atoms with Crippen molar-refractivity contribution < 1.29 is 9.47 Å². The van der Waals surface area contributed by atoms with E-state index in [-0.39, 0.29) is 10.7 Å². The molecule has 0 aliphatic carbocycles. The van der Waals surface area contributed by atoms with Crippen LogP contribution in [-0.4, -0.2) is 24.2 Å². The standard InChI is InChI=1S/C14H14N2O4/c1-8-13(17)16-12(14(18)15-8)6-9-4-10(19-2)7-11(5-9)20-3/h4-7H,1H2,2-3H3,(H,15,18)(H,16,17). The van der Waals surface area contributed by atoms with Crippen molar-refractivity contribution in [2.75, 3.05) is 14.2 Å². The second kappa shape index (κ2) is 5.48. The van der Waals surface area contributed by atoms with Crippen molar-refractivity contribution in [2.45, 2.75) is 0 Å². The van der Waals surface area contributed by atoms with Crippen molar-refractivity contribution in [3.63, 3.8) is 0 Å². The fourth-order valence-electron chi connectivity index (χ4n) is 1.70. The Kier molecular flexibility index (Phi) is 3.74. The van der Waals surface area contributed by atoms with Gasteiger partial charge in [0.05, 0.1) is 19.6 Å². The molecule has 1 heterocycles. The molecule has 0 saturated heterocycles. The normalized spacial score (nSPS) is 11.4. The summed E-state index contributed by atoms with van der Waals surface area (Å²) in [4.78, 5) is 28.1. The number of hydrogen-bond acceptors (Lipinski definition) is 4. The average Bonchev–Trinajstić information content (AvgIpc) is 2.44. The molecule has 0 saturated carbocycles. The molecule has 0 unspecified atom stereocenters. The van der Waals surface area contributed by atoms with E-state index < -0.39 is 11.1 Å². The fourth-order valence-corrected chi connectivity index (χ4v) is 1.70. The summed E-state index contributed by atoms with van der Waals surface area (Å²) in [6, 6.07) is 5.15. The molecular formula is C14H14N2O4. The lowest BCUT2D eigenvalue weighted by Crippen LogP contribution is -2.46. The largest absolute Gasteiger partial charge is 0.497 e. The zero-order valence-electron chi connectivity index (χ0n) is 11.1. The maximum absolute atomic E-state index is 11.7. The Morgan fingerprint density at radius 2 is 1.60 bits per heavy atom. The maximum Gasteiger partial charge on any atom is 0.272 e. The Balaban J connectivity index is 2.67. The van der Waals surface area contributed by atoms with Gasteiger partial charge in [-0.15, -0.1) is 0 Å². The number of rotatable bonds is 3. The van der Waals surface area contributed by atoms with Crippen LogP contribution in [0, 0.1) is 0 Å². The molecule has 0 amide bonds. The number of aromatic nitrogens is 2. The van der Waals surface area contributed by atoms with E-state index in [4.69, 9.17) is 9.47 Å². The predicted molar refractivity (Wildman–Crippen MR) is 75.6 cm³/mol. The highest BCUT2D eigenvalue weighted by atomic mass is 16.5. The first-order valence-electron chi connectivity index (χ1n) is 5.80. The van der Waals surface area contributed by atoms with Gasteiger partial charge in [-0.3, -0.25) is 9.59 Å². The molecule has 0 atom stereocenters. The van der Waals surface area contributed by atoms with Crippen LogP contribution in [0.5, 0.6) is 11.5 Å². The number of H-pyrrole nitrogens is 2. The second-order valence-corrected chi connectivity index (χ2v) is 4.09. The van der Waals surface area contributed by atoms with E-state index in [0.717, 1.165) is 0 Å². The maximum atomic E-state index is 11.7. The number of benzene rings is 1. The molecule has 0 aliphatic rings. The number of aromatic amines is 2. The third-order valence-corrected chi connectivity index (χ3v) is 2.72. The van der Waals surface area contributed by atoms with Crippen LogP contribution in [0.1, 0.15) is 5.56 Å². The Hall–Kier alpha value is -2.76. The van der Waals surface area contributed by atoms with E-state index in [9.17, 15) is 9.59 Å². The van der Waals surface area contributed by atoms with Gasteiger partial charge in [0.15, 0.2) is 0 Å². The molecule has 0 fully saturated rings. The minimum absolute atomic E-state index is 0.0235. The van der Waals surface area contributed by atoms with Crippen molar-refractivity contribution in [3.8, 4) is 11.5 Å². The topological polar surface area (TPSA) is 84.2 Å². The van der Waals surface area contributed by atoms with Gasteiger partial charge in [-0.1, -0.05) is 6.58 Å². The molecule has 1 aromatic heterocycles. The zero-order chi connectivity index (χ0) is 14.7. The van der Waals surface area contributed by atoms with Crippen molar-refractivity contribution in [1.82, 2.24) is 9.97 Å². The highest BCUT2D eigenvalue weighted by Gasteiger charge is 2.01. The van der Waals surface area contributed by atoms with Crippen LogP contribution in [0.4, 0.5) is 0 Å². The van der Waals surface area contributed by atoms with Crippen LogP contribution in [0.15, 0.2) is 27.8 Å². The molecule has 20 heavy (non-hydrogen) atoms. The summed E-state index contributed by atoms with van der Waals surface area (Å²) in [5, 5.41) is 0.160. The van der Waals surface area contributed by atoms with Gasteiger partial charge < -0.3 is 19.4 Å². The van der Waals surface area contributed by atoms with E-state index in [1.165, 1.54) is 20.3 Å². The third-order valence-electron chi connectivity index (χ3n) is 2.72. The summed E-state index contributed by atoms with van der Waals surface area (Å²) in [5.74, 6) is 1.17. The molecule has 104 valence electrons. The Morgan fingerprint density at radius 3 is 2.15 bits per heavy atom. The summed E-state index contributed by atoms with van der Waals surface area (Å²) < 4.78 is 10.3. The highest BCUT2D eigenvalue weighted by Crippen LogP contribution is 2.22. The van der Waals surface area contributed by atoms with Crippen LogP contribution >= 0.6 is 0 Å². The summed E-state index contributed by atoms with van der Waals surface area (Å²) in [6.45, 7) is 3.43. The Morgan fingerprint density at radius 1 is 1.00 bits per heavy atom. The van der Waals surface area contributed by atoms with Gasteiger partial charge in [-0.25, -0.2) is 0 Å². The summed E-state index contributed by atoms with van der Waals surface area (Å²) in [5.41, 5.74) is -0.193. The number of ether oxygens (including phenoxy) is 2. The second-order valence-electron chi connectivity index (χ2n) is 4.09. The predicted octanol–water partition coefficient (Wildman–Crippen LogP) is -0.680. The number of methoxy groups -OCH3 is 2. The molecule has 0 spiro atoms. The Labute approximate surface area is 114 Å². The number of hydrogen-bond donors (Lipinski definition) is 2. The van der Waals surface area contributed by atoms with Crippen LogP contribution in [-0.2, 0) is 0 Å². The smallest absolute Gasteiger partial charge is 0.272 e. The fraction of sp³-hybridized carbons (Fsp3) is 0.143. The zero-order valence-corrected chi connectivity index (χ0v) is 11.1. The minimum Gasteiger partial charge on any atom is -0.497 e. The lowest BCUT2D eigenvalue weighted by Gasteiger charge is -2.05. The van der Waals surface area contributed by atoms with Crippen LogP contribution in [0.3, 0.4) is 0 Å². The molecule has 0 radical (unpaired) electrons. The monoisotopic (exact) mass is 274 g/mol. The van der Waals surface area contributed by atoms with E-state index in [2.05, 4.69) is 16.5 Å². The summed E-state index contributed by atoms with van der Waals surface area (Å²) >= 11 is 0. The molecule has 6 nitrogen and oxygen atoms in total. The molecule has 2 N–H and O–H groups in total.